The van der Waals surface area contributed by atoms with E-state index in [1.54, 1.807) is 9.96 Å². The summed E-state index contributed by atoms with van der Waals surface area (Å²) >= 11 is 0. The highest BCUT2D eigenvalue weighted by Crippen LogP contribution is 2.58. The number of phosphoric acid groups is 2. The first-order chi connectivity index (χ1) is 12.4. The molecule has 2 atom stereocenters. The highest BCUT2D eigenvalue weighted by atomic mass is 31.3. The quantitative estimate of drug-likeness (QED) is 0.133. The summed E-state index contributed by atoms with van der Waals surface area (Å²) < 4.78 is 31.0. The van der Waals surface area contributed by atoms with Crippen LogP contribution < -0.4 is 0 Å². The van der Waals surface area contributed by atoms with Crippen molar-refractivity contribution in [1.82, 2.24) is 9.96 Å². The summed E-state index contributed by atoms with van der Waals surface area (Å²) in [6, 6.07) is 0. The Morgan fingerprint density at radius 3 is 1.74 bits per heavy atom. The van der Waals surface area contributed by atoms with Gasteiger partial charge in [-0.1, -0.05) is 27.7 Å². The second-order valence-electron chi connectivity index (χ2n) is 5.79. The normalized spacial score (nSPS) is 16.7. The van der Waals surface area contributed by atoms with Gasteiger partial charge in [-0.05, 0) is 13.1 Å². The van der Waals surface area contributed by atoms with Gasteiger partial charge in [0.15, 0.2) is 0 Å². The first kappa shape index (κ1) is 27.1. The van der Waals surface area contributed by atoms with Crippen molar-refractivity contribution < 1.29 is 47.7 Å². The Morgan fingerprint density at radius 1 is 0.926 bits per heavy atom. The Balaban J connectivity index is 5.69. The predicted molar refractivity (Wildman–Crippen MR) is 96.2 cm³/mol. The number of hydrogen-bond acceptors (Lipinski definition) is 9. The molecular formula is C13H32N2O10P2. The summed E-state index contributed by atoms with van der Waals surface area (Å²) in [4.78, 5) is 34.6. The molecule has 0 saturated carbocycles. The fourth-order valence-electron chi connectivity index (χ4n) is 2.37. The van der Waals surface area contributed by atoms with Crippen LogP contribution in [-0.2, 0) is 22.8 Å². The average Bonchev–Trinajstić information content (AvgIpc) is 2.58. The molecule has 0 aliphatic heterocycles. The van der Waals surface area contributed by atoms with Crippen molar-refractivity contribution in [2.24, 2.45) is 5.41 Å². The number of nitrogens with zero attached hydrogens (tertiary/aromatic N) is 2. The Bertz CT molecular complexity index is 505. The molecule has 0 spiro atoms. The molecule has 0 fully saturated rings. The van der Waals surface area contributed by atoms with E-state index in [2.05, 4.69) is 8.83 Å². The van der Waals surface area contributed by atoms with E-state index in [1.165, 1.54) is 0 Å². The van der Waals surface area contributed by atoms with Crippen LogP contribution in [0.4, 0.5) is 0 Å². The molecule has 0 rings (SSSR count). The molecule has 0 aromatic carbocycles. The van der Waals surface area contributed by atoms with Crippen molar-refractivity contribution in [3.63, 3.8) is 0 Å². The van der Waals surface area contributed by atoms with Crippen LogP contribution in [0.15, 0.2) is 0 Å². The second kappa shape index (κ2) is 11.9. The maximum absolute atomic E-state index is 11.8. The minimum absolute atomic E-state index is 0.472. The number of hydroxylamine groups is 2. The highest BCUT2D eigenvalue weighted by Gasteiger charge is 2.46. The molecule has 0 radical (unpaired) electrons. The van der Waals surface area contributed by atoms with Crippen LogP contribution in [0.1, 0.15) is 27.7 Å². The lowest BCUT2D eigenvalue weighted by Crippen LogP contribution is -2.57. The van der Waals surface area contributed by atoms with Crippen molar-refractivity contribution in [1.29, 1.82) is 0 Å². The van der Waals surface area contributed by atoms with Gasteiger partial charge < -0.3 is 24.9 Å². The van der Waals surface area contributed by atoms with E-state index in [4.69, 9.17) is 14.6 Å². The maximum atomic E-state index is 11.8. The van der Waals surface area contributed by atoms with Gasteiger partial charge in [0.05, 0.1) is 25.2 Å². The molecule has 0 saturated heterocycles. The Labute approximate surface area is 159 Å². The molecule has 0 aliphatic rings. The first-order valence-corrected chi connectivity index (χ1v) is 11.6. The number of rotatable bonds is 15. The van der Waals surface area contributed by atoms with Gasteiger partial charge in [0, 0.05) is 13.1 Å². The minimum Gasteiger partial charge on any atom is -0.395 e. The van der Waals surface area contributed by atoms with Gasteiger partial charge in [0.2, 0.25) is 0 Å². The number of aliphatic hydroxyl groups is 2. The molecule has 5 N–H and O–H groups in total. The fraction of sp³-hybridized carbons (Fsp3) is 1.00. The Kier molecular flexibility index (Phi) is 11.9. The van der Waals surface area contributed by atoms with Crippen LogP contribution in [0.3, 0.4) is 0 Å². The van der Waals surface area contributed by atoms with Crippen LogP contribution in [0.5, 0.6) is 0 Å². The van der Waals surface area contributed by atoms with Gasteiger partial charge in [0.1, 0.15) is 6.23 Å². The van der Waals surface area contributed by atoms with Gasteiger partial charge in [-0.2, -0.15) is 9.37 Å². The summed E-state index contributed by atoms with van der Waals surface area (Å²) in [6.07, 6.45) is -0.947. The molecule has 0 aliphatic carbocycles. The molecule has 0 heterocycles. The smallest absolute Gasteiger partial charge is 0.395 e. The molecule has 0 aromatic heterocycles. The summed E-state index contributed by atoms with van der Waals surface area (Å²) in [7, 11) is -10.4. The van der Waals surface area contributed by atoms with Crippen molar-refractivity contribution in [3.05, 3.63) is 0 Å². The van der Waals surface area contributed by atoms with E-state index in [-0.39, 0.29) is 0 Å². The van der Waals surface area contributed by atoms with Crippen LogP contribution in [-0.4, -0.2) is 87.1 Å². The van der Waals surface area contributed by atoms with Crippen molar-refractivity contribution in [2.75, 3.05) is 46.0 Å². The predicted octanol–water partition coefficient (Wildman–Crippen LogP) is 0.125. The van der Waals surface area contributed by atoms with Gasteiger partial charge >= 0.3 is 15.6 Å². The van der Waals surface area contributed by atoms with Gasteiger partial charge in [-0.15, -0.1) is 0 Å². The zero-order valence-corrected chi connectivity index (χ0v) is 17.9. The summed E-state index contributed by atoms with van der Waals surface area (Å²) in [5.41, 5.74) is -1.58. The molecular weight excluding hydrogens is 406 g/mol. The highest BCUT2D eigenvalue weighted by molar-refractivity contribution is 7.60. The van der Waals surface area contributed by atoms with Gasteiger partial charge in [-0.3, -0.25) is 14.3 Å². The topological polar surface area (TPSA) is 169 Å². The Morgan fingerprint density at radius 2 is 1.41 bits per heavy atom. The lowest BCUT2D eigenvalue weighted by Gasteiger charge is -2.44. The lowest BCUT2D eigenvalue weighted by atomic mass is 9.88. The average molecular weight is 438 g/mol. The number of aliphatic hydroxyl groups excluding tert-OH is 2. The molecule has 2 unspecified atom stereocenters. The second-order valence-corrected chi connectivity index (χ2v) is 8.62. The molecule has 27 heavy (non-hydrogen) atoms. The molecule has 0 aromatic rings. The Hall–Kier alpha value is 0.0600. The summed E-state index contributed by atoms with van der Waals surface area (Å²) in [5, 5.41) is 21.5. The summed E-state index contributed by atoms with van der Waals surface area (Å²) in [6.45, 7) is 7.15. The zero-order valence-electron chi connectivity index (χ0n) is 16.1. The van der Waals surface area contributed by atoms with Crippen LogP contribution in [0.25, 0.3) is 0 Å². The van der Waals surface area contributed by atoms with E-state index in [9.17, 15) is 24.2 Å². The van der Waals surface area contributed by atoms with E-state index in [0.717, 1.165) is 0 Å². The molecule has 164 valence electrons. The van der Waals surface area contributed by atoms with E-state index >= 15 is 0 Å². The molecule has 12 nitrogen and oxygen atoms in total. The lowest BCUT2D eigenvalue weighted by molar-refractivity contribution is -0.286. The fourth-order valence-corrected chi connectivity index (χ4v) is 4.06. The zero-order chi connectivity index (χ0) is 21.3. The van der Waals surface area contributed by atoms with Crippen molar-refractivity contribution >= 4 is 15.6 Å². The van der Waals surface area contributed by atoms with Crippen LogP contribution in [0.2, 0.25) is 0 Å². The van der Waals surface area contributed by atoms with E-state index in [1.807, 2.05) is 27.7 Å². The number of phosphoric ester groups is 1. The van der Waals surface area contributed by atoms with E-state index < -0.39 is 47.1 Å². The van der Waals surface area contributed by atoms with Crippen LogP contribution in [0, 0.1) is 5.41 Å². The first-order valence-electron chi connectivity index (χ1n) is 8.55. The molecule has 0 bridgehead atoms. The third-order valence-corrected chi connectivity index (χ3v) is 6.11. The van der Waals surface area contributed by atoms with Crippen LogP contribution >= 0.6 is 15.6 Å². The maximum Gasteiger partial charge on any atom is 0.481 e. The third-order valence-electron chi connectivity index (χ3n) is 3.98. The van der Waals surface area contributed by atoms with Crippen molar-refractivity contribution in [2.45, 2.75) is 33.9 Å². The SMILES string of the molecule is CCN(CC)OC(N(CC)CC)C(CO)(CO)COP(=O)(O)OP(=O)(O)O. The minimum atomic E-state index is -5.29. The standard InChI is InChI=1S/C13H32N2O10P2/c1-5-14(6-2)12(24-15(7-3)8-4)13(9-16,10-17)11-23-27(21,22)25-26(18,19)20/h12,16-17H,5-11H2,1-4H3,(H,21,22)(H2,18,19,20). The van der Waals surface area contributed by atoms with Crippen molar-refractivity contribution in [3.8, 4) is 0 Å². The largest absolute Gasteiger partial charge is 0.481 e. The molecule has 14 heteroatoms. The van der Waals surface area contributed by atoms with E-state index in [0.29, 0.717) is 26.2 Å². The number of hydrogen-bond donors (Lipinski definition) is 5. The molecule has 0 amide bonds. The van der Waals surface area contributed by atoms with Gasteiger partial charge in [0.25, 0.3) is 0 Å². The third kappa shape index (κ3) is 8.95. The summed E-state index contributed by atoms with van der Waals surface area (Å²) in [5.74, 6) is 0. The monoisotopic (exact) mass is 438 g/mol. The van der Waals surface area contributed by atoms with Gasteiger partial charge in [-0.25, -0.2) is 9.13 Å².